The minimum atomic E-state index is -0.887. The molecule has 6 nitrogen and oxygen atoms in total. The molecule has 0 aromatic heterocycles. The van der Waals surface area contributed by atoms with Gasteiger partial charge in [-0.2, -0.15) is 0 Å². The Kier molecular flexibility index (Phi) is 4.60. The first kappa shape index (κ1) is 19.4. The van der Waals surface area contributed by atoms with Gasteiger partial charge in [0.1, 0.15) is 12.1 Å². The van der Waals surface area contributed by atoms with E-state index < -0.39 is 11.6 Å². The summed E-state index contributed by atoms with van der Waals surface area (Å²) in [6.45, 7) is 6.07. The predicted molar refractivity (Wildman–Crippen MR) is 112 cm³/mol. The zero-order chi connectivity index (χ0) is 20.8. The Morgan fingerprint density at radius 3 is 2.59 bits per heavy atom. The van der Waals surface area contributed by atoms with Crippen molar-refractivity contribution in [3.05, 3.63) is 42.5 Å². The molecule has 152 valence electrons. The van der Waals surface area contributed by atoms with Crippen LogP contribution in [0.2, 0.25) is 0 Å². The van der Waals surface area contributed by atoms with E-state index in [0.29, 0.717) is 24.4 Å². The highest BCUT2D eigenvalue weighted by Gasteiger charge is 2.56. The van der Waals surface area contributed by atoms with Gasteiger partial charge in [0.25, 0.3) is 5.91 Å². The lowest BCUT2D eigenvalue weighted by Crippen LogP contribution is -2.54. The second-order valence-corrected chi connectivity index (χ2v) is 9.37. The molecular formula is C23H27N3O3. The van der Waals surface area contributed by atoms with Crippen molar-refractivity contribution in [2.45, 2.75) is 45.6 Å². The lowest BCUT2D eigenvalue weighted by atomic mass is 9.64. The van der Waals surface area contributed by atoms with Crippen LogP contribution in [0.4, 0.5) is 10.5 Å². The van der Waals surface area contributed by atoms with Crippen molar-refractivity contribution in [2.75, 3.05) is 11.9 Å². The third-order valence-corrected chi connectivity index (χ3v) is 5.96. The van der Waals surface area contributed by atoms with Crippen LogP contribution in [0.5, 0.6) is 0 Å². The van der Waals surface area contributed by atoms with Gasteiger partial charge < -0.3 is 10.6 Å². The molecule has 6 heteroatoms. The summed E-state index contributed by atoms with van der Waals surface area (Å²) in [7, 11) is 0. The summed E-state index contributed by atoms with van der Waals surface area (Å²) in [5, 5.41) is 7.80. The summed E-state index contributed by atoms with van der Waals surface area (Å²) in [5.74, 6) is -0.339. The van der Waals surface area contributed by atoms with E-state index >= 15 is 0 Å². The van der Waals surface area contributed by atoms with E-state index in [4.69, 9.17) is 0 Å². The molecule has 4 rings (SSSR count). The first-order valence-electron chi connectivity index (χ1n) is 10.1. The monoisotopic (exact) mass is 393 g/mol. The summed E-state index contributed by atoms with van der Waals surface area (Å²) < 4.78 is 0. The van der Waals surface area contributed by atoms with Gasteiger partial charge in [-0.1, -0.05) is 51.1 Å². The van der Waals surface area contributed by atoms with E-state index in [9.17, 15) is 14.4 Å². The molecule has 0 bridgehead atoms. The Morgan fingerprint density at radius 2 is 1.86 bits per heavy atom. The van der Waals surface area contributed by atoms with Gasteiger partial charge in [0, 0.05) is 5.69 Å². The van der Waals surface area contributed by atoms with Gasteiger partial charge >= 0.3 is 6.03 Å². The van der Waals surface area contributed by atoms with E-state index in [2.05, 4.69) is 31.4 Å². The van der Waals surface area contributed by atoms with Crippen LogP contribution >= 0.6 is 0 Å². The maximum Gasteiger partial charge on any atom is 0.325 e. The van der Waals surface area contributed by atoms with Crippen molar-refractivity contribution in [3.8, 4) is 0 Å². The molecule has 0 radical (unpaired) electrons. The molecule has 0 unspecified atom stereocenters. The Bertz CT molecular complexity index is 1000. The first-order valence-corrected chi connectivity index (χ1v) is 10.1. The number of urea groups is 1. The number of imide groups is 1. The third kappa shape index (κ3) is 3.71. The fourth-order valence-corrected chi connectivity index (χ4v) is 5.26. The molecule has 2 fully saturated rings. The van der Waals surface area contributed by atoms with Crippen LogP contribution in [0.25, 0.3) is 10.8 Å². The quantitative estimate of drug-likeness (QED) is 0.776. The lowest BCUT2D eigenvalue weighted by molar-refractivity contribution is -0.136. The number of nitrogens with zero attached hydrogens (tertiary/aromatic N) is 1. The molecule has 1 aliphatic heterocycles. The molecule has 2 N–H and O–H groups in total. The van der Waals surface area contributed by atoms with Crippen LogP contribution in [0.15, 0.2) is 42.5 Å². The largest absolute Gasteiger partial charge is 0.325 e. The van der Waals surface area contributed by atoms with E-state index in [-0.39, 0.29) is 23.8 Å². The fraction of sp³-hybridized carbons (Fsp3) is 0.435. The predicted octanol–water partition coefficient (Wildman–Crippen LogP) is 3.92. The Morgan fingerprint density at radius 1 is 1.14 bits per heavy atom. The third-order valence-electron chi connectivity index (χ3n) is 5.96. The highest BCUT2D eigenvalue weighted by molar-refractivity contribution is 6.10. The van der Waals surface area contributed by atoms with Crippen LogP contribution < -0.4 is 10.6 Å². The van der Waals surface area contributed by atoms with E-state index in [1.54, 1.807) is 0 Å². The minimum absolute atomic E-state index is 0.0377. The molecule has 1 heterocycles. The van der Waals surface area contributed by atoms with Gasteiger partial charge in [0.2, 0.25) is 5.91 Å². The number of carbonyl (C=O) groups excluding carboxylic acids is 3. The number of anilines is 1. The molecular weight excluding hydrogens is 366 g/mol. The van der Waals surface area contributed by atoms with Gasteiger partial charge in [-0.05, 0) is 53.5 Å². The van der Waals surface area contributed by atoms with Crippen LogP contribution in [-0.4, -0.2) is 34.8 Å². The second-order valence-electron chi connectivity index (χ2n) is 9.37. The van der Waals surface area contributed by atoms with E-state index in [1.807, 2.05) is 42.5 Å². The standard InChI is InChI=1S/C23H27N3O3/c1-15-11-22(2,3)14-23(12-15)20(28)26(21(29)25-23)13-19(27)24-18-9-8-16-6-4-5-7-17(16)10-18/h4-10,15H,11-14H2,1-3H3,(H,24,27)(H,25,29)/t15-,23-/m0/s1. The van der Waals surface area contributed by atoms with Crippen molar-refractivity contribution in [1.82, 2.24) is 10.2 Å². The maximum atomic E-state index is 13.2. The van der Waals surface area contributed by atoms with Gasteiger partial charge in [-0.25, -0.2) is 4.79 Å². The van der Waals surface area contributed by atoms with Gasteiger partial charge in [-0.15, -0.1) is 0 Å². The topological polar surface area (TPSA) is 78.5 Å². The average Bonchev–Trinajstić information content (AvgIpc) is 2.83. The van der Waals surface area contributed by atoms with E-state index in [1.165, 1.54) is 0 Å². The van der Waals surface area contributed by atoms with Crippen molar-refractivity contribution >= 4 is 34.3 Å². The van der Waals surface area contributed by atoms with Crippen LogP contribution in [0, 0.1) is 11.3 Å². The number of benzene rings is 2. The number of amides is 4. The Balaban J connectivity index is 1.48. The van der Waals surface area contributed by atoms with Gasteiger partial charge in [-0.3, -0.25) is 14.5 Å². The number of hydrogen-bond donors (Lipinski definition) is 2. The van der Waals surface area contributed by atoms with E-state index in [0.717, 1.165) is 22.1 Å². The van der Waals surface area contributed by atoms with Crippen molar-refractivity contribution in [3.63, 3.8) is 0 Å². The van der Waals surface area contributed by atoms with Crippen LogP contribution in [0.1, 0.15) is 40.0 Å². The fourth-order valence-electron chi connectivity index (χ4n) is 5.26. The number of rotatable bonds is 3. The second kappa shape index (κ2) is 6.87. The lowest BCUT2D eigenvalue weighted by Gasteiger charge is -2.43. The summed E-state index contributed by atoms with van der Waals surface area (Å²) in [5.41, 5.74) is -0.284. The Hall–Kier alpha value is -2.89. The zero-order valence-corrected chi connectivity index (χ0v) is 17.1. The molecule has 1 aliphatic carbocycles. The molecule has 2 atom stereocenters. The molecule has 1 spiro atoms. The van der Waals surface area contributed by atoms with Gasteiger partial charge in [0.05, 0.1) is 0 Å². The number of carbonyl (C=O) groups is 3. The maximum absolute atomic E-state index is 13.2. The van der Waals surface area contributed by atoms with Crippen molar-refractivity contribution < 1.29 is 14.4 Å². The summed E-state index contributed by atoms with van der Waals surface area (Å²) in [6, 6.07) is 13.0. The van der Waals surface area contributed by atoms with Crippen LogP contribution in [0.3, 0.4) is 0 Å². The molecule has 4 amide bonds. The number of hydrogen-bond acceptors (Lipinski definition) is 3. The normalized spacial score (nSPS) is 26.0. The molecule has 2 aromatic rings. The van der Waals surface area contributed by atoms with Gasteiger partial charge in [0.15, 0.2) is 0 Å². The van der Waals surface area contributed by atoms with Crippen molar-refractivity contribution in [2.24, 2.45) is 11.3 Å². The molecule has 2 aromatic carbocycles. The number of fused-ring (bicyclic) bond motifs is 1. The summed E-state index contributed by atoms with van der Waals surface area (Å²) in [6.07, 6.45) is 2.22. The summed E-state index contributed by atoms with van der Waals surface area (Å²) >= 11 is 0. The zero-order valence-electron chi connectivity index (χ0n) is 17.1. The molecule has 1 saturated heterocycles. The smallest absolute Gasteiger partial charge is 0.325 e. The van der Waals surface area contributed by atoms with Crippen LogP contribution in [-0.2, 0) is 9.59 Å². The molecule has 2 aliphatic rings. The number of nitrogens with one attached hydrogen (secondary N) is 2. The Labute approximate surface area is 170 Å². The highest BCUT2D eigenvalue weighted by Crippen LogP contribution is 2.46. The molecule has 1 saturated carbocycles. The SMILES string of the molecule is C[C@H]1CC(C)(C)C[C@]2(C1)NC(=O)N(CC(=O)Nc1ccc3ccccc3c1)C2=O. The van der Waals surface area contributed by atoms with Crippen molar-refractivity contribution in [1.29, 1.82) is 0 Å². The summed E-state index contributed by atoms with van der Waals surface area (Å²) in [4.78, 5) is 39.3. The molecule has 29 heavy (non-hydrogen) atoms. The minimum Gasteiger partial charge on any atom is -0.325 e. The highest BCUT2D eigenvalue weighted by atomic mass is 16.2. The first-order chi connectivity index (χ1) is 13.7. The average molecular weight is 393 g/mol.